The van der Waals surface area contributed by atoms with Gasteiger partial charge in [-0.1, -0.05) is 59.1 Å². The van der Waals surface area contributed by atoms with E-state index in [1.807, 2.05) is 48.9 Å². The average molecular weight is 545 g/mol. The Balaban J connectivity index is 1.47. The van der Waals surface area contributed by atoms with E-state index in [9.17, 15) is 4.79 Å². The maximum atomic E-state index is 13.1. The Labute approximate surface area is 224 Å². The molecule has 0 saturated carbocycles. The van der Waals surface area contributed by atoms with Gasteiger partial charge in [0.15, 0.2) is 5.75 Å². The lowest BCUT2D eigenvalue weighted by atomic mass is 10.1. The molecule has 0 aliphatic rings. The first-order chi connectivity index (χ1) is 17.2. The van der Waals surface area contributed by atoms with Gasteiger partial charge < -0.3 is 14.8 Å². The Kier molecular flexibility index (Phi) is 8.09. The van der Waals surface area contributed by atoms with E-state index in [4.69, 9.17) is 44.3 Å². The molecular formula is C27H24Cl3N3O3. The molecule has 0 spiro atoms. The minimum Gasteiger partial charge on any atom is -0.497 e. The third kappa shape index (κ3) is 5.95. The molecule has 4 rings (SSSR count). The zero-order valence-corrected chi connectivity index (χ0v) is 22.2. The summed E-state index contributed by atoms with van der Waals surface area (Å²) in [4.78, 5) is 13.1. The van der Waals surface area contributed by atoms with E-state index in [2.05, 4.69) is 10.4 Å². The number of benzene rings is 3. The molecule has 1 aromatic heterocycles. The van der Waals surface area contributed by atoms with Gasteiger partial charge in [0.05, 0.1) is 40.8 Å². The number of anilines is 1. The summed E-state index contributed by atoms with van der Waals surface area (Å²) < 4.78 is 13.0. The molecule has 0 unspecified atom stereocenters. The highest BCUT2D eigenvalue weighted by Crippen LogP contribution is 2.36. The summed E-state index contributed by atoms with van der Waals surface area (Å²) in [7, 11) is 1.64. The number of aryl methyl sites for hydroxylation is 1. The number of rotatable bonds is 8. The molecule has 0 bridgehead atoms. The van der Waals surface area contributed by atoms with Crippen molar-refractivity contribution in [1.82, 2.24) is 9.78 Å². The first-order valence-electron chi connectivity index (χ1n) is 11.1. The molecule has 0 fully saturated rings. The molecule has 0 aliphatic carbocycles. The number of carbonyl (C=O) groups excluding carboxylic acids is 1. The van der Waals surface area contributed by atoms with E-state index in [0.29, 0.717) is 38.6 Å². The van der Waals surface area contributed by atoms with Gasteiger partial charge in [-0.2, -0.15) is 5.10 Å². The second-order valence-electron chi connectivity index (χ2n) is 8.20. The van der Waals surface area contributed by atoms with Crippen molar-refractivity contribution >= 4 is 46.4 Å². The standard InChI is InChI=1S/C27H24Cl3N3O3/c1-16-25(17(2)33(32-16)14-18-6-5-9-22(11-18)35-3)31-27(34)20-8-4-7-19(10-20)15-36-26-23(29)12-21(28)13-24(26)30/h4-13H,14-15H2,1-3H3,(H,31,34). The van der Waals surface area contributed by atoms with E-state index >= 15 is 0 Å². The van der Waals surface area contributed by atoms with Crippen LogP contribution in [-0.2, 0) is 13.2 Å². The molecule has 0 saturated heterocycles. The maximum Gasteiger partial charge on any atom is 0.255 e. The van der Waals surface area contributed by atoms with Crippen molar-refractivity contribution in [1.29, 1.82) is 0 Å². The molecule has 1 N–H and O–H groups in total. The summed E-state index contributed by atoms with van der Waals surface area (Å²) in [5.74, 6) is 0.880. The number of methoxy groups -OCH3 is 1. The van der Waals surface area contributed by atoms with Gasteiger partial charge in [-0.3, -0.25) is 9.48 Å². The number of amides is 1. The van der Waals surface area contributed by atoms with Gasteiger partial charge in [0, 0.05) is 10.6 Å². The number of nitrogens with zero attached hydrogens (tertiary/aromatic N) is 2. The van der Waals surface area contributed by atoms with Gasteiger partial charge in [-0.25, -0.2) is 0 Å². The minimum absolute atomic E-state index is 0.179. The molecule has 186 valence electrons. The molecule has 1 amide bonds. The highest BCUT2D eigenvalue weighted by atomic mass is 35.5. The van der Waals surface area contributed by atoms with Crippen LogP contribution in [0.5, 0.6) is 11.5 Å². The molecule has 36 heavy (non-hydrogen) atoms. The highest BCUT2D eigenvalue weighted by Gasteiger charge is 2.16. The lowest BCUT2D eigenvalue weighted by Crippen LogP contribution is -2.14. The Bertz CT molecular complexity index is 1400. The molecule has 3 aromatic carbocycles. The van der Waals surface area contributed by atoms with Crippen molar-refractivity contribution in [3.05, 3.63) is 104 Å². The Morgan fingerprint density at radius 2 is 1.67 bits per heavy atom. The highest BCUT2D eigenvalue weighted by molar-refractivity contribution is 6.40. The van der Waals surface area contributed by atoms with Gasteiger partial charge in [0.2, 0.25) is 0 Å². The second kappa shape index (κ2) is 11.2. The molecule has 0 radical (unpaired) electrons. The van der Waals surface area contributed by atoms with E-state index in [1.165, 1.54) is 0 Å². The Morgan fingerprint density at radius 1 is 0.972 bits per heavy atom. The number of hydrogen-bond acceptors (Lipinski definition) is 4. The largest absolute Gasteiger partial charge is 0.497 e. The van der Waals surface area contributed by atoms with E-state index in [-0.39, 0.29) is 12.5 Å². The molecular weight excluding hydrogens is 521 g/mol. The summed E-state index contributed by atoms with van der Waals surface area (Å²) >= 11 is 18.4. The predicted octanol–water partition coefficient (Wildman–Crippen LogP) is 7.35. The zero-order valence-electron chi connectivity index (χ0n) is 19.9. The number of hydrogen-bond donors (Lipinski definition) is 1. The van der Waals surface area contributed by atoms with Crippen molar-refractivity contribution < 1.29 is 14.3 Å². The van der Waals surface area contributed by atoms with E-state index in [0.717, 1.165) is 28.3 Å². The SMILES string of the molecule is COc1cccc(Cn2nc(C)c(NC(=O)c3cccc(COc4c(Cl)cc(Cl)cc4Cl)c3)c2C)c1. The zero-order chi connectivity index (χ0) is 25.8. The van der Waals surface area contributed by atoms with Crippen LogP contribution in [0.15, 0.2) is 60.7 Å². The summed E-state index contributed by atoms with van der Waals surface area (Å²) in [5.41, 5.74) is 4.59. The average Bonchev–Trinajstić information content (AvgIpc) is 3.10. The van der Waals surface area contributed by atoms with Crippen LogP contribution in [0.4, 0.5) is 5.69 Å². The lowest BCUT2D eigenvalue weighted by Gasteiger charge is -2.12. The van der Waals surface area contributed by atoms with Gasteiger partial charge in [-0.15, -0.1) is 0 Å². The van der Waals surface area contributed by atoms with Crippen LogP contribution < -0.4 is 14.8 Å². The Morgan fingerprint density at radius 3 is 2.39 bits per heavy atom. The van der Waals surface area contributed by atoms with Crippen molar-refractivity contribution in [2.75, 3.05) is 12.4 Å². The van der Waals surface area contributed by atoms with Gasteiger partial charge in [0.1, 0.15) is 12.4 Å². The van der Waals surface area contributed by atoms with Gasteiger partial charge in [0.25, 0.3) is 5.91 Å². The molecule has 0 atom stereocenters. The second-order valence-corrected chi connectivity index (χ2v) is 9.45. The first kappa shape index (κ1) is 25.9. The summed E-state index contributed by atoms with van der Waals surface area (Å²) in [6, 6.07) is 18.1. The molecule has 6 nitrogen and oxygen atoms in total. The lowest BCUT2D eigenvalue weighted by molar-refractivity contribution is 0.102. The number of carbonyl (C=O) groups is 1. The number of aromatic nitrogens is 2. The topological polar surface area (TPSA) is 65.4 Å². The molecule has 9 heteroatoms. The predicted molar refractivity (Wildman–Crippen MR) is 144 cm³/mol. The smallest absolute Gasteiger partial charge is 0.255 e. The van der Waals surface area contributed by atoms with Crippen molar-refractivity contribution in [2.45, 2.75) is 27.0 Å². The van der Waals surface area contributed by atoms with Crippen LogP contribution in [0.2, 0.25) is 15.1 Å². The molecule has 0 aliphatic heterocycles. The number of nitrogens with one attached hydrogen (secondary N) is 1. The minimum atomic E-state index is -0.244. The van der Waals surface area contributed by atoms with Crippen LogP contribution in [0, 0.1) is 13.8 Å². The summed E-state index contributed by atoms with van der Waals surface area (Å²) in [5, 5.41) is 8.68. The Hall–Kier alpha value is -3.19. The van der Waals surface area contributed by atoms with Crippen LogP contribution >= 0.6 is 34.8 Å². The maximum absolute atomic E-state index is 13.1. The van der Waals surface area contributed by atoms with Crippen LogP contribution in [0.1, 0.15) is 32.9 Å². The van der Waals surface area contributed by atoms with Crippen LogP contribution in [0.3, 0.4) is 0 Å². The number of halogens is 3. The third-order valence-electron chi connectivity index (χ3n) is 5.62. The normalized spacial score (nSPS) is 10.8. The number of ether oxygens (including phenoxy) is 2. The molecule has 1 heterocycles. The quantitative estimate of drug-likeness (QED) is 0.252. The van der Waals surface area contributed by atoms with Gasteiger partial charge in [-0.05, 0) is 61.4 Å². The monoisotopic (exact) mass is 543 g/mol. The third-order valence-corrected chi connectivity index (χ3v) is 6.40. The van der Waals surface area contributed by atoms with E-state index < -0.39 is 0 Å². The van der Waals surface area contributed by atoms with Crippen molar-refractivity contribution in [3.8, 4) is 11.5 Å². The van der Waals surface area contributed by atoms with Crippen LogP contribution in [-0.4, -0.2) is 22.8 Å². The van der Waals surface area contributed by atoms with Crippen molar-refractivity contribution in [2.24, 2.45) is 0 Å². The fourth-order valence-electron chi connectivity index (χ4n) is 3.79. The van der Waals surface area contributed by atoms with Gasteiger partial charge >= 0.3 is 0 Å². The summed E-state index contributed by atoms with van der Waals surface area (Å²) in [6.07, 6.45) is 0. The molecule has 4 aromatic rings. The fraction of sp³-hybridized carbons (Fsp3) is 0.185. The van der Waals surface area contributed by atoms with E-state index in [1.54, 1.807) is 37.4 Å². The summed E-state index contributed by atoms with van der Waals surface area (Å²) in [6.45, 7) is 4.54. The van der Waals surface area contributed by atoms with Crippen molar-refractivity contribution in [3.63, 3.8) is 0 Å². The van der Waals surface area contributed by atoms with Crippen LogP contribution in [0.25, 0.3) is 0 Å². The first-order valence-corrected chi connectivity index (χ1v) is 12.2. The fourth-order valence-corrected chi connectivity index (χ4v) is 4.71.